The summed E-state index contributed by atoms with van der Waals surface area (Å²) in [5.74, 6) is -0.0318. The summed E-state index contributed by atoms with van der Waals surface area (Å²) in [5.41, 5.74) is 3.62. The van der Waals surface area contributed by atoms with Crippen LogP contribution in [0.15, 0.2) is 59.7 Å². The van der Waals surface area contributed by atoms with Crippen molar-refractivity contribution in [3.63, 3.8) is 0 Å². The molecule has 0 bridgehead atoms. The van der Waals surface area contributed by atoms with Crippen molar-refractivity contribution in [2.45, 2.75) is 32.9 Å². The molecule has 2 N–H and O–H groups in total. The highest BCUT2D eigenvalue weighted by atomic mass is 16.2. The number of hydrogen-bond donors (Lipinski definition) is 2. The number of aromatic amines is 1. The minimum Gasteiger partial charge on any atom is -0.350 e. The lowest BCUT2D eigenvalue weighted by atomic mass is 9.95. The third kappa shape index (κ3) is 4.72. The van der Waals surface area contributed by atoms with Crippen molar-refractivity contribution in [1.29, 1.82) is 0 Å². The summed E-state index contributed by atoms with van der Waals surface area (Å²) < 4.78 is 0. The Kier molecular flexibility index (Phi) is 6.23. The fraction of sp³-hybridized carbons (Fsp3) is 0.333. The van der Waals surface area contributed by atoms with E-state index in [1.54, 1.807) is 24.5 Å². The smallest absolute Gasteiger partial charge is 0.277 e. The average Bonchev–Trinajstić information content (AvgIpc) is 2.79. The number of rotatable bonds is 6. The number of nitrogens with zero attached hydrogens (tertiary/aromatic N) is 3. The molecule has 1 atom stereocenters. The van der Waals surface area contributed by atoms with E-state index in [1.807, 2.05) is 0 Å². The molecule has 3 heterocycles. The second kappa shape index (κ2) is 9.22. The molecule has 1 amide bonds. The second-order valence-electron chi connectivity index (χ2n) is 8.24. The number of amides is 1. The number of hydrogen-bond acceptors (Lipinski definition) is 5. The van der Waals surface area contributed by atoms with Crippen LogP contribution < -0.4 is 10.9 Å². The van der Waals surface area contributed by atoms with Crippen molar-refractivity contribution in [3.8, 4) is 11.3 Å². The number of H-pyrrole nitrogens is 1. The topological polar surface area (TPSA) is 91.0 Å². The number of fused-ring (bicyclic) bond motifs is 1. The number of benzene rings is 1. The number of pyridine rings is 1. The van der Waals surface area contributed by atoms with Crippen LogP contribution in [0, 0.1) is 5.92 Å². The van der Waals surface area contributed by atoms with E-state index in [9.17, 15) is 9.59 Å². The van der Waals surface area contributed by atoms with Gasteiger partial charge in [-0.15, -0.1) is 0 Å². The van der Waals surface area contributed by atoms with Gasteiger partial charge in [0, 0.05) is 43.6 Å². The molecule has 2 aromatic heterocycles. The maximum atomic E-state index is 12.9. The Bertz CT molecular complexity index is 1110. The Morgan fingerprint density at radius 3 is 2.65 bits per heavy atom. The van der Waals surface area contributed by atoms with Gasteiger partial charge in [-0.25, -0.2) is 5.10 Å². The number of carbonyl (C=O) groups is 1. The highest BCUT2D eigenvalue weighted by Crippen LogP contribution is 2.23. The number of nitrogens with one attached hydrogen (secondary N) is 2. The molecule has 0 spiro atoms. The molecule has 160 valence electrons. The summed E-state index contributed by atoms with van der Waals surface area (Å²) in [6.45, 7) is 6.63. The van der Waals surface area contributed by atoms with Gasteiger partial charge < -0.3 is 5.32 Å². The summed E-state index contributed by atoms with van der Waals surface area (Å²) in [4.78, 5) is 31.5. The minimum atomic E-state index is -0.497. The molecule has 0 radical (unpaired) electrons. The lowest BCUT2D eigenvalue weighted by Gasteiger charge is -2.38. The first kappa shape index (κ1) is 20.9. The van der Waals surface area contributed by atoms with Crippen LogP contribution in [0.2, 0.25) is 0 Å². The molecule has 0 saturated carbocycles. The molecule has 1 aliphatic heterocycles. The lowest BCUT2D eigenvalue weighted by molar-refractivity contribution is 0.0902. The number of aromatic nitrogens is 3. The maximum Gasteiger partial charge on any atom is 0.277 e. The van der Waals surface area contributed by atoms with Crippen LogP contribution in [0.3, 0.4) is 0 Å². The highest BCUT2D eigenvalue weighted by molar-refractivity contribution is 5.94. The predicted molar refractivity (Wildman–Crippen MR) is 120 cm³/mol. The van der Waals surface area contributed by atoms with E-state index in [1.165, 1.54) is 17.2 Å². The Hall–Kier alpha value is -3.32. The summed E-state index contributed by atoms with van der Waals surface area (Å²) in [7, 11) is 0. The molecule has 7 heteroatoms. The van der Waals surface area contributed by atoms with Crippen LogP contribution in [-0.2, 0) is 13.0 Å². The van der Waals surface area contributed by atoms with Crippen LogP contribution >= 0.6 is 0 Å². The first-order chi connectivity index (χ1) is 15.0. The normalized spacial score (nSPS) is 14.8. The molecule has 0 fully saturated rings. The third-order valence-electron chi connectivity index (χ3n) is 5.89. The molecular weight excluding hydrogens is 390 g/mol. The fourth-order valence-corrected chi connectivity index (χ4v) is 4.12. The molecule has 1 unspecified atom stereocenters. The van der Waals surface area contributed by atoms with E-state index >= 15 is 0 Å². The Labute approximate surface area is 181 Å². The van der Waals surface area contributed by atoms with E-state index in [-0.39, 0.29) is 17.5 Å². The first-order valence-corrected chi connectivity index (χ1v) is 10.6. The SMILES string of the molecule is CC(C)C(CNC(=O)c1cc(-c2ccncc2)n[nH]c1=O)N1CCc2ccccc2C1. The van der Waals surface area contributed by atoms with Crippen LogP contribution in [0.4, 0.5) is 0 Å². The molecule has 0 saturated heterocycles. The van der Waals surface area contributed by atoms with Crippen molar-refractivity contribution in [2.24, 2.45) is 5.92 Å². The second-order valence-corrected chi connectivity index (χ2v) is 8.24. The van der Waals surface area contributed by atoms with E-state index < -0.39 is 5.56 Å². The zero-order chi connectivity index (χ0) is 21.8. The molecule has 1 aliphatic rings. The molecule has 0 aliphatic carbocycles. The highest BCUT2D eigenvalue weighted by Gasteiger charge is 2.26. The van der Waals surface area contributed by atoms with E-state index in [0.717, 1.165) is 25.1 Å². The number of carbonyl (C=O) groups excluding carboxylic acids is 1. The fourth-order valence-electron chi connectivity index (χ4n) is 4.12. The summed E-state index contributed by atoms with van der Waals surface area (Å²) in [6.07, 6.45) is 4.30. The van der Waals surface area contributed by atoms with Gasteiger partial charge in [-0.05, 0) is 41.7 Å². The lowest BCUT2D eigenvalue weighted by Crippen LogP contribution is -2.49. The summed E-state index contributed by atoms with van der Waals surface area (Å²) in [6, 6.07) is 13.8. The van der Waals surface area contributed by atoms with Crippen LogP contribution in [0.5, 0.6) is 0 Å². The van der Waals surface area contributed by atoms with Gasteiger partial charge in [0.15, 0.2) is 0 Å². The van der Waals surface area contributed by atoms with Gasteiger partial charge in [0.05, 0.1) is 5.69 Å². The molecular formula is C24H27N5O2. The molecule has 7 nitrogen and oxygen atoms in total. The Balaban J connectivity index is 1.47. The third-order valence-corrected chi connectivity index (χ3v) is 5.89. The van der Waals surface area contributed by atoms with Gasteiger partial charge in [0.1, 0.15) is 5.56 Å². The largest absolute Gasteiger partial charge is 0.350 e. The molecule has 3 aromatic rings. The minimum absolute atomic E-state index is 0.0632. The monoisotopic (exact) mass is 417 g/mol. The standard InChI is InChI=1S/C24H27N5O2/c1-16(2)22(29-12-9-17-5-3-4-6-19(17)15-29)14-26-23(30)20-13-21(27-28-24(20)31)18-7-10-25-11-8-18/h3-8,10-11,13,16,22H,9,12,14-15H2,1-2H3,(H,26,30)(H,28,31). The predicted octanol–water partition coefficient (Wildman–Crippen LogP) is 2.64. The molecule has 31 heavy (non-hydrogen) atoms. The van der Waals surface area contributed by atoms with Gasteiger partial charge in [0.2, 0.25) is 0 Å². The van der Waals surface area contributed by atoms with Crippen molar-refractivity contribution < 1.29 is 4.79 Å². The zero-order valence-electron chi connectivity index (χ0n) is 17.8. The van der Waals surface area contributed by atoms with Gasteiger partial charge in [-0.3, -0.25) is 19.5 Å². The first-order valence-electron chi connectivity index (χ1n) is 10.6. The quantitative estimate of drug-likeness (QED) is 0.643. The maximum absolute atomic E-state index is 12.9. The van der Waals surface area contributed by atoms with E-state index in [4.69, 9.17) is 0 Å². The Morgan fingerprint density at radius 2 is 1.90 bits per heavy atom. The summed E-state index contributed by atoms with van der Waals surface area (Å²) in [5, 5.41) is 9.47. The van der Waals surface area contributed by atoms with Crippen LogP contribution in [0.1, 0.15) is 35.3 Å². The zero-order valence-corrected chi connectivity index (χ0v) is 17.8. The van der Waals surface area contributed by atoms with Crippen molar-refractivity contribution in [1.82, 2.24) is 25.4 Å². The van der Waals surface area contributed by atoms with Crippen LogP contribution in [-0.4, -0.2) is 45.1 Å². The van der Waals surface area contributed by atoms with Crippen molar-refractivity contribution in [2.75, 3.05) is 13.1 Å². The van der Waals surface area contributed by atoms with Gasteiger partial charge in [-0.1, -0.05) is 38.1 Å². The average molecular weight is 418 g/mol. The Morgan fingerprint density at radius 1 is 1.16 bits per heavy atom. The van der Waals surface area contributed by atoms with E-state index in [0.29, 0.717) is 18.2 Å². The molecule has 4 rings (SSSR count). The van der Waals surface area contributed by atoms with Gasteiger partial charge in [0.25, 0.3) is 11.5 Å². The van der Waals surface area contributed by atoms with E-state index in [2.05, 4.69) is 63.5 Å². The molecule has 1 aromatic carbocycles. The van der Waals surface area contributed by atoms with Gasteiger partial charge in [-0.2, -0.15) is 5.10 Å². The van der Waals surface area contributed by atoms with Crippen molar-refractivity contribution >= 4 is 5.91 Å². The summed E-state index contributed by atoms with van der Waals surface area (Å²) >= 11 is 0. The van der Waals surface area contributed by atoms with Crippen LogP contribution in [0.25, 0.3) is 11.3 Å². The van der Waals surface area contributed by atoms with Crippen molar-refractivity contribution in [3.05, 3.63) is 81.9 Å². The van der Waals surface area contributed by atoms with Gasteiger partial charge >= 0.3 is 0 Å².